The van der Waals surface area contributed by atoms with E-state index in [4.69, 9.17) is 16.3 Å². The van der Waals surface area contributed by atoms with E-state index < -0.39 is 0 Å². The zero-order valence-electron chi connectivity index (χ0n) is 13.5. The molecule has 3 rings (SSSR count). The topological polar surface area (TPSA) is 63.2 Å². The summed E-state index contributed by atoms with van der Waals surface area (Å²) < 4.78 is 5.14. The van der Waals surface area contributed by atoms with E-state index in [-0.39, 0.29) is 5.91 Å². The molecule has 6 heteroatoms. The number of amides is 1. The van der Waals surface area contributed by atoms with Crippen LogP contribution >= 0.6 is 11.6 Å². The first-order valence-electron chi connectivity index (χ1n) is 7.59. The van der Waals surface area contributed by atoms with Gasteiger partial charge in [-0.15, -0.1) is 0 Å². The standard InChI is InChI=1S/C19H16ClN3O2/c1-25-16-9-7-14(8-10-16)22-18-17(6-3-11-21-18)19(24)23-15-5-2-4-13(20)12-15/h2-12H,1H3,(H,21,22)(H,23,24). The molecule has 0 aliphatic rings. The first-order chi connectivity index (χ1) is 12.2. The van der Waals surface area contributed by atoms with Gasteiger partial charge in [-0.3, -0.25) is 4.79 Å². The molecule has 0 saturated heterocycles. The highest BCUT2D eigenvalue weighted by Crippen LogP contribution is 2.22. The number of nitrogens with zero attached hydrogens (tertiary/aromatic N) is 1. The lowest BCUT2D eigenvalue weighted by Crippen LogP contribution is -2.14. The predicted molar refractivity (Wildman–Crippen MR) is 99.9 cm³/mol. The van der Waals surface area contributed by atoms with E-state index in [2.05, 4.69) is 15.6 Å². The number of methoxy groups -OCH3 is 1. The molecule has 0 unspecified atom stereocenters. The van der Waals surface area contributed by atoms with E-state index in [1.807, 2.05) is 24.3 Å². The predicted octanol–water partition coefficient (Wildman–Crippen LogP) is 4.74. The molecule has 0 radical (unpaired) electrons. The van der Waals surface area contributed by atoms with E-state index in [1.54, 1.807) is 49.7 Å². The molecule has 3 aromatic rings. The number of carbonyl (C=O) groups is 1. The first-order valence-corrected chi connectivity index (χ1v) is 7.96. The lowest BCUT2D eigenvalue weighted by Gasteiger charge is -2.12. The number of halogens is 1. The van der Waals surface area contributed by atoms with Crippen molar-refractivity contribution in [3.05, 3.63) is 77.4 Å². The van der Waals surface area contributed by atoms with Gasteiger partial charge in [0, 0.05) is 22.6 Å². The van der Waals surface area contributed by atoms with Gasteiger partial charge in [0.2, 0.25) is 0 Å². The third-order valence-corrected chi connectivity index (χ3v) is 3.72. The number of anilines is 3. The first kappa shape index (κ1) is 16.8. The zero-order valence-corrected chi connectivity index (χ0v) is 14.2. The molecule has 0 spiro atoms. The van der Waals surface area contributed by atoms with Crippen molar-refractivity contribution in [2.45, 2.75) is 0 Å². The average Bonchev–Trinajstić information content (AvgIpc) is 2.63. The van der Waals surface area contributed by atoms with Crippen molar-refractivity contribution in [2.24, 2.45) is 0 Å². The Balaban J connectivity index is 1.81. The molecule has 0 aliphatic carbocycles. The molecule has 2 aromatic carbocycles. The van der Waals surface area contributed by atoms with Crippen molar-refractivity contribution in [3.8, 4) is 5.75 Å². The van der Waals surface area contributed by atoms with Crippen molar-refractivity contribution < 1.29 is 9.53 Å². The molecule has 1 amide bonds. The van der Waals surface area contributed by atoms with Gasteiger partial charge in [-0.25, -0.2) is 4.98 Å². The van der Waals surface area contributed by atoms with Crippen LogP contribution in [-0.2, 0) is 0 Å². The van der Waals surface area contributed by atoms with E-state index in [0.29, 0.717) is 22.1 Å². The Hall–Kier alpha value is -3.05. The second-order valence-electron chi connectivity index (χ2n) is 5.22. The fraction of sp³-hybridized carbons (Fsp3) is 0.0526. The Morgan fingerprint density at radius 2 is 1.84 bits per heavy atom. The largest absolute Gasteiger partial charge is 0.497 e. The fourth-order valence-corrected chi connectivity index (χ4v) is 2.45. The van der Waals surface area contributed by atoms with Gasteiger partial charge in [-0.1, -0.05) is 17.7 Å². The van der Waals surface area contributed by atoms with Crippen molar-refractivity contribution in [1.29, 1.82) is 0 Å². The summed E-state index contributed by atoms with van der Waals surface area (Å²) in [5, 5.41) is 6.52. The highest BCUT2D eigenvalue weighted by Gasteiger charge is 2.13. The summed E-state index contributed by atoms with van der Waals surface area (Å²) in [6.07, 6.45) is 1.63. The average molecular weight is 354 g/mol. The third-order valence-electron chi connectivity index (χ3n) is 3.49. The molecule has 0 atom stereocenters. The molecule has 0 aliphatic heterocycles. The maximum Gasteiger partial charge on any atom is 0.259 e. The summed E-state index contributed by atoms with van der Waals surface area (Å²) in [7, 11) is 1.61. The van der Waals surface area contributed by atoms with Crippen molar-refractivity contribution >= 4 is 34.7 Å². The van der Waals surface area contributed by atoms with Gasteiger partial charge in [-0.2, -0.15) is 0 Å². The minimum absolute atomic E-state index is 0.272. The SMILES string of the molecule is COc1ccc(Nc2ncccc2C(=O)Nc2cccc(Cl)c2)cc1. The van der Waals surface area contributed by atoms with Gasteiger partial charge >= 0.3 is 0 Å². The number of aromatic nitrogens is 1. The molecule has 5 nitrogen and oxygen atoms in total. The number of pyridine rings is 1. The van der Waals surface area contributed by atoms with Crippen LogP contribution in [0.1, 0.15) is 10.4 Å². The second kappa shape index (κ2) is 7.68. The highest BCUT2D eigenvalue weighted by atomic mass is 35.5. The van der Waals surface area contributed by atoms with Crippen LogP contribution in [0.4, 0.5) is 17.2 Å². The summed E-state index contributed by atoms with van der Waals surface area (Å²) >= 11 is 5.95. The van der Waals surface area contributed by atoms with Crippen LogP contribution in [0.5, 0.6) is 5.75 Å². The number of nitrogens with one attached hydrogen (secondary N) is 2. The minimum Gasteiger partial charge on any atom is -0.497 e. The van der Waals surface area contributed by atoms with E-state index >= 15 is 0 Å². The van der Waals surface area contributed by atoms with Crippen molar-refractivity contribution in [2.75, 3.05) is 17.7 Å². The van der Waals surface area contributed by atoms with Gasteiger partial charge in [0.05, 0.1) is 12.7 Å². The second-order valence-corrected chi connectivity index (χ2v) is 5.65. The van der Waals surface area contributed by atoms with Gasteiger partial charge < -0.3 is 15.4 Å². The Morgan fingerprint density at radius 1 is 1.04 bits per heavy atom. The third kappa shape index (κ3) is 4.28. The van der Waals surface area contributed by atoms with Gasteiger partial charge in [0.25, 0.3) is 5.91 Å². The zero-order chi connectivity index (χ0) is 17.6. The van der Waals surface area contributed by atoms with Gasteiger partial charge in [0.1, 0.15) is 11.6 Å². The summed E-state index contributed by atoms with van der Waals surface area (Å²) in [5.41, 5.74) is 1.85. The molecule has 1 aromatic heterocycles. The lowest BCUT2D eigenvalue weighted by molar-refractivity contribution is 0.102. The molecule has 2 N–H and O–H groups in total. The Morgan fingerprint density at radius 3 is 2.56 bits per heavy atom. The Bertz CT molecular complexity index is 882. The number of rotatable bonds is 5. The van der Waals surface area contributed by atoms with Gasteiger partial charge in [-0.05, 0) is 54.6 Å². The molecule has 126 valence electrons. The molecular formula is C19H16ClN3O2. The maximum absolute atomic E-state index is 12.6. The quantitative estimate of drug-likeness (QED) is 0.695. The van der Waals surface area contributed by atoms with Gasteiger partial charge in [0.15, 0.2) is 0 Å². The molecule has 0 fully saturated rings. The van der Waals surface area contributed by atoms with E-state index in [0.717, 1.165) is 11.4 Å². The van der Waals surface area contributed by atoms with Crippen LogP contribution in [-0.4, -0.2) is 18.0 Å². The van der Waals surface area contributed by atoms with Crippen molar-refractivity contribution in [3.63, 3.8) is 0 Å². The Labute approximate surface area is 150 Å². The van der Waals surface area contributed by atoms with Crippen LogP contribution in [0.15, 0.2) is 66.9 Å². The molecule has 25 heavy (non-hydrogen) atoms. The normalized spacial score (nSPS) is 10.2. The smallest absolute Gasteiger partial charge is 0.259 e. The molecule has 1 heterocycles. The van der Waals surface area contributed by atoms with Crippen molar-refractivity contribution in [1.82, 2.24) is 4.98 Å². The molecular weight excluding hydrogens is 338 g/mol. The number of hydrogen-bond acceptors (Lipinski definition) is 4. The number of carbonyl (C=O) groups excluding carboxylic acids is 1. The van der Waals surface area contributed by atoms with Crippen LogP contribution in [0.25, 0.3) is 0 Å². The van der Waals surface area contributed by atoms with E-state index in [9.17, 15) is 4.79 Å². The number of ether oxygens (including phenoxy) is 1. The number of hydrogen-bond donors (Lipinski definition) is 2. The van der Waals surface area contributed by atoms with E-state index in [1.165, 1.54) is 0 Å². The summed E-state index contributed by atoms with van der Waals surface area (Å²) in [4.78, 5) is 16.9. The molecule has 0 saturated carbocycles. The monoisotopic (exact) mass is 353 g/mol. The minimum atomic E-state index is -0.272. The van der Waals surface area contributed by atoms with Crippen LogP contribution in [0.2, 0.25) is 5.02 Å². The van der Waals surface area contributed by atoms with Crippen LogP contribution < -0.4 is 15.4 Å². The Kier molecular flexibility index (Phi) is 5.16. The molecule has 0 bridgehead atoms. The number of benzene rings is 2. The maximum atomic E-state index is 12.6. The summed E-state index contributed by atoms with van der Waals surface area (Å²) in [6, 6.07) is 17.8. The fourth-order valence-electron chi connectivity index (χ4n) is 2.26. The summed E-state index contributed by atoms with van der Waals surface area (Å²) in [5.74, 6) is 0.948. The van der Waals surface area contributed by atoms with Crippen LogP contribution in [0.3, 0.4) is 0 Å². The highest BCUT2D eigenvalue weighted by molar-refractivity contribution is 6.31. The van der Waals surface area contributed by atoms with Crippen LogP contribution in [0, 0.1) is 0 Å². The lowest BCUT2D eigenvalue weighted by atomic mass is 10.2. The summed E-state index contributed by atoms with van der Waals surface area (Å²) in [6.45, 7) is 0.